The van der Waals surface area contributed by atoms with Crippen molar-refractivity contribution in [2.24, 2.45) is 0 Å². The van der Waals surface area contributed by atoms with Gasteiger partial charge in [0.2, 0.25) is 0 Å². The zero-order valence-corrected chi connectivity index (χ0v) is 17.5. The Labute approximate surface area is 169 Å². The van der Waals surface area contributed by atoms with Crippen molar-refractivity contribution in [1.29, 1.82) is 0 Å². The SMILES string of the molecule is CN(C)c1ccc(C(=O)N(CCC[NH+](C)C)c2nc3ccc(F)cc3s2)cc1. The third-order valence-corrected chi connectivity index (χ3v) is 5.55. The minimum atomic E-state index is -0.295. The van der Waals surface area contributed by atoms with Crippen LogP contribution in [0.15, 0.2) is 42.5 Å². The zero-order valence-electron chi connectivity index (χ0n) is 16.7. The Morgan fingerprint density at radius 3 is 2.50 bits per heavy atom. The fourth-order valence-corrected chi connectivity index (χ4v) is 3.95. The van der Waals surface area contributed by atoms with Crippen LogP contribution in [0.1, 0.15) is 16.8 Å². The first kappa shape index (κ1) is 20.2. The number of benzene rings is 2. The summed E-state index contributed by atoms with van der Waals surface area (Å²) in [5.41, 5.74) is 2.36. The van der Waals surface area contributed by atoms with Crippen LogP contribution in [0.4, 0.5) is 15.2 Å². The summed E-state index contributed by atoms with van der Waals surface area (Å²) in [6, 6.07) is 12.1. The van der Waals surface area contributed by atoms with Crippen molar-refractivity contribution >= 4 is 38.3 Å². The first-order valence-electron chi connectivity index (χ1n) is 9.29. The first-order chi connectivity index (χ1) is 13.3. The Bertz CT molecular complexity index is 953. The summed E-state index contributed by atoms with van der Waals surface area (Å²) in [6.45, 7) is 1.52. The van der Waals surface area contributed by atoms with Gasteiger partial charge in [-0.15, -0.1) is 0 Å². The molecule has 1 amide bonds. The maximum atomic E-state index is 13.6. The molecule has 148 valence electrons. The number of carbonyl (C=O) groups is 1. The van der Waals surface area contributed by atoms with E-state index in [1.165, 1.54) is 28.4 Å². The molecule has 1 heterocycles. The van der Waals surface area contributed by atoms with E-state index < -0.39 is 0 Å². The van der Waals surface area contributed by atoms with E-state index in [9.17, 15) is 9.18 Å². The Morgan fingerprint density at radius 2 is 1.86 bits per heavy atom. The molecule has 0 saturated heterocycles. The van der Waals surface area contributed by atoms with Crippen molar-refractivity contribution in [3.8, 4) is 0 Å². The third-order valence-electron chi connectivity index (χ3n) is 4.50. The number of fused-ring (bicyclic) bond motifs is 1. The van der Waals surface area contributed by atoms with Crippen LogP contribution >= 0.6 is 11.3 Å². The summed E-state index contributed by atoms with van der Waals surface area (Å²) < 4.78 is 14.3. The standard InChI is InChI=1S/C21H25FN4OS/c1-24(2)12-5-13-26(20(27)15-6-9-17(10-7-15)25(3)4)21-23-18-11-8-16(22)14-19(18)28-21/h6-11,14H,5,12-13H2,1-4H3/p+1. The first-order valence-corrected chi connectivity index (χ1v) is 10.1. The fourth-order valence-electron chi connectivity index (χ4n) is 2.93. The molecule has 0 atom stereocenters. The number of nitrogens with zero attached hydrogens (tertiary/aromatic N) is 3. The van der Waals surface area contributed by atoms with Crippen LogP contribution in [0.5, 0.6) is 0 Å². The maximum Gasteiger partial charge on any atom is 0.260 e. The molecule has 0 aliphatic heterocycles. The summed E-state index contributed by atoms with van der Waals surface area (Å²) in [7, 11) is 8.11. The van der Waals surface area contributed by atoms with Crippen LogP contribution in [-0.4, -0.2) is 52.2 Å². The van der Waals surface area contributed by atoms with Crippen molar-refractivity contribution in [3.05, 3.63) is 53.8 Å². The highest BCUT2D eigenvalue weighted by atomic mass is 32.1. The molecular formula is C21H26FN4OS+. The Hall–Kier alpha value is -2.51. The molecule has 1 aromatic heterocycles. The Balaban J connectivity index is 1.91. The second-order valence-electron chi connectivity index (χ2n) is 7.32. The predicted molar refractivity (Wildman–Crippen MR) is 114 cm³/mol. The van der Waals surface area contributed by atoms with Gasteiger partial charge in [0.25, 0.3) is 5.91 Å². The Kier molecular flexibility index (Phi) is 6.26. The maximum absolute atomic E-state index is 13.6. The highest BCUT2D eigenvalue weighted by Crippen LogP contribution is 2.30. The van der Waals surface area contributed by atoms with Crippen molar-refractivity contribution in [1.82, 2.24) is 4.98 Å². The number of rotatable bonds is 7. The van der Waals surface area contributed by atoms with Gasteiger partial charge in [0, 0.05) is 38.3 Å². The molecule has 1 N–H and O–H groups in total. The Morgan fingerprint density at radius 1 is 1.14 bits per heavy atom. The molecule has 0 radical (unpaired) electrons. The second kappa shape index (κ2) is 8.67. The number of halogens is 1. The average molecular weight is 402 g/mol. The van der Waals surface area contributed by atoms with Crippen molar-refractivity contribution in [2.45, 2.75) is 6.42 Å². The molecule has 7 heteroatoms. The monoisotopic (exact) mass is 401 g/mol. The minimum absolute atomic E-state index is 0.0846. The molecule has 28 heavy (non-hydrogen) atoms. The molecule has 0 fully saturated rings. The van der Waals surface area contributed by atoms with Gasteiger partial charge in [0.1, 0.15) is 5.82 Å². The van der Waals surface area contributed by atoms with Crippen molar-refractivity contribution in [2.75, 3.05) is 51.1 Å². The van der Waals surface area contributed by atoms with E-state index in [2.05, 4.69) is 19.1 Å². The number of aromatic nitrogens is 1. The zero-order chi connectivity index (χ0) is 20.3. The predicted octanol–water partition coefficient (Wildman–Crippen LogP) is 2.68. The number of thiazole rings is 1. The van der Waals surface area contributed by atoms with Crippen molar-refractivity contribution in [3.63, 3.8) is 0 Å². The van der Waals surface area contributed by atoms with Gasteiger partial charge in [0.05, 0.1) is 30.9 Å². The van der Waals surface area contributed by atoms with Gasteiger partial charge >= 0.3 is 0 Å². The quantitative estimate of drug-likeness (QED) is 0.662. The lowest BCUT2D eigenvalue weighted by molar-refractivity contribution is -0.858. The van der Waals surface area contributed by atoms with E-state index in [-0.39, 0.29) is 11.7 Å². The van der Waals surface area contributed by atoms with E-state index in [0.717, 1.165) is 23.4 Å². The van der Waals surface area contributed by atoms with Crippen LogP contribution in [0.3, 0.4) is 0 Å². The van der Waals surface area contributed by atoms with E-state index in [1.807, 2.05) is 43.3 Å². The highest BCUT2D eigenvalue weighted by molar-refractivity contribution is 7.22. The van der Waals surface area contributed by atoms with Gasteiger partial charge < -0.3 is 9.80 Å². The number of amides is 1. The molecule has 0 spiro atoms. The van der Waals surface area contributed by atoms with E-state index in [1.54, 1.807) is 11.0 Å². The molecule has 3 aromatic rings. The minimum Gasteiger partial charge on any atom is -0.378 e. The molecule has 5 nitrogen and oxygen atoms in total. The fraction of sp³-hybridized carbons (Fsp3) is 0.333. The number of quaternary nitrogens is 1. The highest BCUT2D eigenvalue weighted by Gasteiger charge is 2.21. The van der Waals surface area contributed by atoms with Gasteiger partial charge in [-0.25, -0.2) is 9.37 Å². The molecule has 0 aliphatic rings. The third kappa shape index (κ3) is 4.66. The van der Waals surface area contributed by atoms with Gasteiger partial charge in [0.15, 0.2) is 5.13 Å². The van der Waals surface area contributed by atoms with Crippen LogP contribution in [0.2, 0.25) is 0 Å². The molecule has 0 aliphatic carbocycles. The number of anilines is 2. The van der Waals surface area contributed by atoms with E-state index >= 15 is 0 Å². The van der Waals surface area contributed by atoms with Crippen LogP contribution in [-0.2, 0) is 0 Å². The van der Waals surface area contributed by atoms with E-state index in [0.29, 0.717) is 22.8 Å². The number of hydrogen-bond acceptors (Lipinski definition) is 4. The lowest BCUT2D eigenvalue weighted by Gasteiger charge is -2.21. The summed E-state index contributed by atoms with van der Waals surface area (Å²) in [5, 5.41) is 0.607. The largest absolute Gasteiger partial charge is 0.378 e. The van der Waals surface area contributed by atoms with Gasteiger partial charge in [-0.3, -0.25) is 9.69 Å². The van der Waals surface area contributed by atoms with Gasteiger partial charge in [-0.2, -0.15) is 0 Å². The summed E-state index contributed by atoms with van der Waals surface area (Å²) in [5.74, 6) is -0.380. The molecule has 2 aromatic carbocycles. The lowest BCUT2D eigenvalue weighted by atomic mass is 10.1. The molecule has 0 saturated carbocycles. The topological polar surface area (TPSA) is 40.9 Å². The summed E-state index contributed by atoms with van der Waals surface area (Å²) in [6.07, 6.45) is 0.855. The summed E-state index contributed by atoms with van der Waals surface area (Å²) >= 11 is 1.35. The molecule has 0 unspecified atom stereocenters. The lowest BCUT2D eigenvalue weighted by Crippen LogP contribution is -3.05. The molecule has 0 bridgehead atoms. The second-order valence-corrected chi connectivity index (χ2v) is 8.33. The number of carbonyl (C=O) groups excluding carboxylic acids is 1. The summed E-state index contributed by atoms with van der Waals surface area (Å²) in [4.78, 5) is 22.9. The van der Waals surface area contributed by atoms with Crippen LogP contribution < -0.4 is 14.7 Å². The van der Waals surface area contributed by atoms with Gasteiger partial charge in [-0.05, 0) is 42.5 Å². The van der Waals surface area contributed by atoms with E-state index in [4.69, 9.17) is 0 Å². The number of hydrogen-bond donors (Lipinski definition) is 1. The normalized spacial score (nSPS) is 11.2. The molecular weight excluding hydrogens is 375 g/mol. The van der Waals surface area contributed by atoms with Crippen LogP contribution in [0, 0.1) is 5.82 Å². The van der Waals surface area contributed by atoms with Crippen molar-refractivity contribution < 1.29 is 14.1 Å². The van der Waals surface area contributed by atoms with Gasteiger partial charge in [-0.1, -0.05) is 11.3 Å². The number of nitrogens with one attached hydrogen (secondary N) is 1. The average Bonchev–Trinajstić information content (AvgIpc) is 3.07. The molecule has 3 rings (SSSR count). The van der Waals surface area contributed by atoms with Crippen LogP contribution in [0.25, 0.3) is 10.2 Å². The smallest absolute Gasteiger partial charge is 0.260 e.